The van der Waals surface area contributed by atoms with Crippen LogP contribution in [0.2, 0.25) is 0 Å². The number of rotatable bonds is 7. The lowest BCUT2D eigenvalue weighted by Crippen LogP contribution is -2.11. The van der Waals surface area contributed by atoms with Crippen LogP contribution in [0.3, 0.4) is 0 Å². The molecule has 0 aliphatic heterocycles. The van der Waals surface area contributed by atoms with Crippen molar-refractivity contribution in [3.8, 4) is 5.75 Å². The molecule has 112 valence electrons. The summed E-state index contributed by atoms with van der Waals surface area (Å²) in [5.74, 6) is 0.218. The van der Waals surface area contributed by atoms with Gasteiger partial charge in [-0.3, -0.25) is 0 Å². The number of hydrogen-bond donors (Lipinski definition) is 1. The van der Waals surface area contributed by atoms with Gasteiger partial charge in [-0.15, -0.1) is 0 Å². The van der Waals surface area contributed by atoms with Crippen molar-refractivity contribution in [2.24, 2.45) is 0 Å². The van der Waals surface area contributed by atoms with Gasteiger partial charge in [-0.2, -0.15) is 0 Å². The van der Waals surface area contributed by atoms with Crippen molar-refractivity contribution >= 4 is 0 Å². The van der Waals surface area contributed by atoms with E-state index in [4.69, 9.17) is 9.47 Å². The topological polar surface area (TPSA) is 38.7 Å². The molecule has 0 radical (unpaired) electrons. The minimum absolute atomic E-state index is 0.0123. The molecule has 0 aromatic heterocycles. The molecule has 1 atom stereocenters. The summed E-state index contributed by atoms with van der Waals surface area (Å²) in [4.78, 5) is 0. The fraction of sp³-hybridized carbons (Fsp3) is 0.294. The van der Waals surface area contributed by atoms with Crippen LogP contribution in [0.15, 0.2) is 48.5 Å². The number of aliphatic hydroxyl groups is 1. The third-order valence-corrected chi connectivity index (χ3v) is 3.19. The second kappa shape index (κ2) is 7.76. The van der Waals surface area contributed by atoms with Crippen LogP contribution in [0.25, 0.3) is 0 Å². The molecule has 0 spiro atoms. The minimum atomic E-state index is -0.987. The molecule has 0 saturated carbocycles. The Hall–Kier alpha value is -1.91. The molecule has 1 N–H and O–H groups in total. The second-order valence-corrected chi connectivity index (χ2v) is 4.74. The van der Waals surface area contributed by atoms with Crippen molar-refractivity contribution in [3.63, 3.8) is 0 Å². The van der Waals surface area contributed by atoms with Gasteiger partial charge in [0.1, 0.15) is 24.3 Å². The Balaban J connectivity index is 1.89. The number of benzene rings is 2. The summed E-state index contributed by atoms with van der Waals surface area (Å²) in [5, 5.41) is 9.95. The summed E-state index contributed by atoms with van der Waals surface area (Å²) in [7, 11) is 1.67. The van der Waals surface area contributed by atoms with Gasteiger partial charge in [0.2, 0.25) is 0 Å². The monoisotopic (exact) mass is 290 g/mol. The Labute approximate surface area is 124 Å². The highest BCUT2D eigenvalue weighted by Crippen LogP contribution is 2.19. The van der Waals surface area contributed by atoms with Crippen LogP contribution in [-0.2, 0) is 11.2 Å². The highest BCUT2D eigenvalue weighted by Gasteiger charge is 2.12. The van der Waals surface area contributed by atoms with E-state index in [0.29, 0.717) is 12.4 Å². The lowest BCUT2D eigenvalue weighted by molar-refractivity contribution is 0.105. The summed E-state index contributed by atoms with van der Waals surface area (Å²) < 4.78 is 24.0. The first-order chi connectivity index (χ1) is 10.2. The van der Waals surface area contributed by atoms with Crippen molar-refractivity contribution in [2.45, 2.75) is 12.5 Å². The molecule has 0 saturated heterocycles. The fourth-order valence-electron chi connectivity index (χ4n) is 1.98. The SMILES string of the molecule is COCCc1ccc(OCC(O)c2ccccc2F)cc1. The third kappa shape index (κ3) is 4.55. The maximum Gasteiger partial charge on any atom is 0.129 e. The number of methoxy groups -OCH3 is 1. The van der Waals surface area contributed by atoms with E-state index in [-0.39, 0.29) is 12.2 Å². The van der Waals surface area contributed by atoms with Crippen LogP contribution in [0.4, 0.5) is 4.39 Å². The van der Waals surface area contributed by atoms with E-state index in [1.54, 1.807) is 25.3 Å². The lowest BCUT2D eigenvalue weighted by Gasteiger charge is -2.13. The normalized spacial score (nSPS) is 12.1. The van der Waals surface area contributed by atoms with E-state index in [1.165, 1.54) is 6.07 Å². The molecule has 0 fully saturated rings. The van der Waals surface area contributed by atoms with Crippen LogP contribution in [0, 0.1) is 5.82 Å². The van der Waals surface area contributed by atoms with Gasteiger partial charge >= 0.3 is 0 Å². The van der Waals surface area contributed by atoms with Gasteiger partial charge in [0.05, 0.1) is 6.61 Å². The largest absolute Gasteiger partial charge is 0.491 e. The summed E-state index contributed by atoms with van der Waals surface area (Å²) >= 11 is 0. The molecule has 4 heteroatoms. The highest BCUT2D eigenvalue weighted by molar-refractivity contribution is 5.27. The number of halogens is 1. The predicted molar refractivity (Wildman–Crippen MR) is 78.9 cm³/mol. The van der Waals surface area contributed by atoms with Gasteiger partial charge < -0.3 is 14.6 Å². The Kier molecular flexibility index (Phi) is 5.72. The zero-order valence-corrected chi connectivity index (χ0v) is 12.0. The van der Waals surface area contributed by atoms with Crippen molar-refractivity contribution in [3.05, 3.63) is 65.5 Å². The molecule has 2 rings (SSSR count). The van der Waals surface area contributed by atoms with Gasteiger partial charge in [-0.05, 0) is 30.2 Å². The Morgan fingerprint density at radius 2 is 1.81 bits per heavy atom. The third-order valence-electron chi connectivity index (χ3n) is 3.19. The average Bonchev–Trinajstić information content (AvgIpc) is 2.52. The standard InChI is InChI=1S/C17H19FO3/c1-20-11-10-13-6-8-14(9-7-13)21-12-17(19)15-4-2-3-5-16(15)18/h2-9,17,19H,10-12H2,1H3. The van der Waals surface area contributed by atoms with Crippen molar-refractivity contribution in [1.29, 1.82) is 0 Å². The summed E-state index contributed by atoms with van der Waals surface area (Å²) in [6, 6.07) is 13.7. The molecular weight excluding hydrogens is 271 g/mol. The lowest BCUT2D eigenvalue weighted by atomic mass is 10.1. The molecule has 0 amide bonds. The summed E-state index contributed by atoms with van der Waals surface area (Å²) in [6.45, 7) is 0.685. The molecule has 0 heterocycles. The summed E-state index contributed by atoms with van der Waals surface area (Å²) in [5.41, 5.74) is 1.40. The summed E-state index contributed by atoms with van der Waals surface area (Å²) in [6.07, 6.45) is -0.145. The van der Waals surface area contributed by atoms with E-state index in [2.05, 4.69) is 0 Å². The van der Waals surface area contributed by atoms with Crippen LogP contribution in [0.5, 0.6) is 5.75 Å². The first-order valence-electron chi connectivity index (χ1n) is 6.84. The van der Waals surface area contributed by atoms with Crippen LogP contribution >= 0.6 is 0 Å². The van der Waals surface area contributed by atoms with Crippen LogP contribution in [-0.4, -0.2) is 25.4 Å². The van der Waals surface area contributed by atoms with Gasteiger partial charge in [-0.1, -0.05) is 30.3 Å². The molecule has 2 aromatic rings. The van der Waals surface area contributed by atoms with Crippen molar-refractivity contribution < 1.29 is 19.0 Å². The maximum atomic E-state index is 13.5. The van der Waals surface area contributed by atoms with E-state index in [1.807, 2.05) is 24.3 Å². The zero-order chi connectivity index (χ0) is 15.1. The molecule has 1 unspecified atom stereocenters. The van der Waals surface area contributed by atoms with E-state index in [9.17, 15) is 9.50 Å². The molecular formula is C17H19FO3. The predicted octanol–water partition coefficient (Wildman–Crippen LogP) is 3.13. The van der Waals surface area contributed by atoms with E-state index >= 15 is 0 Å². The molecule has 0 bridgehead atoms. The quantitative estimate of drug-likeness (QED) is 0.851. The number of hydrogen-bond acceptors (Lipinski definition) is 3. The van der Waals surface area contributed by atoms with E-state index < -0.39 is 11.9 Å². The molecule has 21 heavy (non-hydrogen) atoms. The Morgan fingerprint density at radius 1 is 1.10 bits per heavy atom. The van der Waals surface area contributed by atoms with Gasteiger partial charge in [0.15, 0.2) is 0 Å². The minimum Gasteiger partial charge on any atom is -0.491 e. The second-order valence-electron chi connectivity index (χ2n) is 4.74. The first-order valence-corrected chi connectivity index (χ1v) is 6.84. The zero-order valence-electron chi connectivity index (χ0n) is 12.0. The van der Waals surface area contributed by atoms with Crippen molar-refractivity contribution in [2.75, 3.05) is 20.3 Å². The van der Waals surface area contributed by atoms with E-state index in [0.717, 1.165) is 12.0 Å². The van der Waals surface area contributed by atoms with Crippen LogP contribution in [0.1, 0.15) is 17.2 Å². The highest BCUT2D eigenvalue weighted by atomic mass is 19.1. The van der Waals surface area contributed by atoms with Gasteiger partial charge in [-0.25, -0.2) is 4.39 Å². The fourth-order valence-corrected chi connectivity index (χ4v) is 1.98. The van der Waals surface area contributed by atoms with Gasteiger partial charge in [0.25, 0.3) is 0 Å². The molecule has 3 nitrogen and oxygen atoms in total. The van der Waals surface area contributed by atoms with Crippen molar-refractivity contribution in [1.82, 2.24) is 0 Å². The Morgan fingerprint density at radius 3 is 2.48 bits per heavy atom. The molecule has 0 aliphatic rings. The first kappa shape index (κ1) is 15.5. The smallest absolute Gasteiger partial charge is 0.129 e. The van der Waals surface area contributed by atoms with Gasteiger partial charge in [0, 0.05) is 12.7 Å². The number of ether oxygens (including phenoxy) is 2. The molecule has 2 aromatic carbocycles. The molecule has 0 aliphatic carbocycles. The van der Waals surface area contributed by atoms with Crippen LogP contribution < -0.4 is 4.74 Å². The maximum absolute atomic E-state index is 13.5. The average molecular weight is 290 g/mol. The Bertz CT molecular complexity index is 554. The number of aliphatic hydroxyl groups excluding tert-OH is 1.